The molecule has 2 heterocycles. The highest BCUT2D eigenvalue weighted by Crippen LogP contribution is 2.69. The van der Waals surface area contributed by atoms with Crippen molar-refractivity contribution in [2.24, 2.45) is 17.8 Å². The predicted octanol–water partition coefficient (Wildman–Crippen LogP) is 2.45. The van der Waals surface area contributed by atoms with Crippen LogP contribution in [0.25, 0.3) is 0 Å². The normalized spacial score (nSPS) is 57.4. The van der Waals surface area contributed by atoms with Crippen LogP contribution in [0.5, 0.6) is 0 Å². The molecule has 4 aliphatic rings. The summed E-state index contributed by atoms with van der Waals surface area (Å²) in [6.45, 7) is 8.47. The van der Waals surface area contributed by atoms with Crippen molar-refractivity contribution in [2.45, 2.75) is 56.8 Å². The lowest BCUT2D eigenvalue weighted by Gasteiger charge is -2.24. The number of rotatable bonds is 0. The van der Waals surface area contributed by atoms with E-state index in [9.17, 15) is 4.79 Å². The van der Waals surface area contributed by atoms with Crippen LogP contribution >= 0.6 is 0 Å². The Bertz CT molecular complexity index is 457. The first-order chi connectivity index (χ1) is 8.47. The number of hydrogen-bond donors (Lipinski definition) is 0. The summed E-state index contributed by atoms with van der Waals surface area (Å²) in [6.07, 6.45) is 4.39. The molecule has 2 saturated heterocycles. The van der Waals surface area contributed by atoms with Crippen molar-refractivity contribution in [1.82, 2.24) is 0 Å². The van der Waals surface area contributed by atoms with Crippen molar-refractivity contribution in [3.05, 3.63) is 12.2 Å². The lowest BCUT2D eigenvalue weighted by molar-refractivity contribution is -0.139. The summed E-state index contributed by atoms with van der Waals surface area (Å²) < 4.78 is 11.7. The molecule has 0 aromatic heterocycles. The maximum absolute atomic E-state index is 11.7. The molecule has 18 heavy (non-hydrogen) atoms. The summed E-state index contributed by atoms with van der Waals surface area (Å²) in [5.74, 6) is 1.21. The Labute approximate surface area is 108 Å². The van der Waals surface area contributed by atoms with Crippen LogP contribution in [0.1, 0.15) is 39.5 Å². The molecule has 2 saturated carbocycles. The third-order valence-electron chi connectivity index (χ3n) is 6.02. The van der Waals surface area contributed by atoms with Gasteiger partial charge in [0, 0.05) is 11.5 Å². The molecule has 0 bridgehead atoms. The smallest absolute Gasteiger partial charge is 0.334 e. The maximum Gasteiger partial charge on any atom is 0.334 e. The van der Waals surface area contributed by atoms with Crippen LogP contribution in [0.4, 0.5) is 0 Å². The van der Waals surface area contributed by atoms with E-state index in [-0.39, 0.29) is 29.2 Å². The van der Waals surface area contributed by atoms with E-state index in [4.69, 9.17) is 9.47 Å². The third-order valence-corrected chi connectivity index (χ3v) is 6.02. The highest BCUT2D eigenvalue weighted by Gasteiger charge is 2.76. The number of hydrogen-bond acceptors (Lipinski definition) is 3. The van der Waals surface area contributed by atoms with Gasteiger partial charge in [0.15, 0.2) is 0 Å². The topological polar surface area (TPSA) is 38.8 Å². The second kappa shape index (κ2) is 3.01. The molecule has 6 atom stereocenters. The van der Waals surface area contributed by atoms with Crippen LogP contribution in [0.15, 0.2) is 12.2 Å². The van der Waals surface area contributed by atoms with Gasteiger partial charge in [-0.3, -0.25) is 0 Å². The summed E-state index contributed by atoms with van der Waals surface area (Å²) >= 11 is 0. The van der Waals surface area contributed by atoms with E-state index < -0.39 is 0 Å². The molecule has 2 aliphatic heterocycles. The van der Waals surface area contributed by atoms with Crippen LogP contribution in [0, 0.1) is 17.8 Å². The van der Waals surface area contributed by atoms with Crippen LogP contribution in [0.3, 0.4) is 0 Å². The Morgan fingerprint density at radius 2 is 2.22 bits per heavy atom. The Balaban J connectivity index is 1.73. The molecule has 0 amide bonds. The third kappa shape index (κ3) is 1.08. The lowest BCUT2D eigenvalue weighted by atomic mass is 9.79. The van der Waals surface area contributed by atoms with Crippen LogP contribution in [-0.4, -0.2) is 23.3 Å². The fraction of sp³-hybridized carbons (Fsp3) is 0.800. The summed E-state index contributed by atoms with van der Waals surface area (Å²) in [5.41, 5.74) is 0.752. The first kappa shape index (κ1) is 11.0. The molecular weight excluding hydrogens is 228 g/mol. The first-order valence-electron chi connectivity index (χ1n) is 7.07. The first-order valence-corrected chi connectivity index (χ1v) is 7.07. The second-order valence-electron chi connectivity index (χ2n) is 6.86. The standard InChI is InChI=1S/C15H20O3/c1-8-6-12-10(9(2)13(16)17-12)7-15-11(8)4-5-14(15,3)18-15/h8,10-12H,2,4-7H2,1,3H3/t8-,10+,11-,12-,14+,15-/m0/s1. The summed E-state index contributed by atoms with van der Waals surface area (Å²) in [5, 5.41) is 0. The number of ether oxygens (including phenoxy) is 2. The Kier molecular flexibility index (Phi) is 1.84. The SMILES string of the molecule is C=C1C(=O)O[C@H]2C[C@H](C)[C@@H]3CC[C@@]4(C)O[C@@]34C[C@H]12. The van der Waals surface area contributed by atoms with Gasteiger partial charge in [-0.1, -0.05) is 13.5 Å². The van der Waals surface area contributed by atoms with E-state index >= 15 is 0 Å². The van der Waals surface area contributed by atoms with E-state index in [1.54, 1.807) is 0 Å². The molecule has 0 aromatic rings. The van der Waals surface area contributed by atoms with E-state index in [1.165, 1.54) is 12.8 Å². The molecule has 0 N–H and O–H groups in total. The molecule has 0 radical (unpaired) electrons. The number of carbonyl (C=O) groups excluding carboxylic acids is 1. The van der Waals surface area contributed by atoms with Crippen LogP contribution < -0.4 is 0 Å². The van der Waals surface area contributed by atoms with Gasteiger partial charge in [-0.15, -0.1) is 0 Å². The molecule has 2 aliphatic carbocycles. The van der Waals surface area contributed by atoms with Gasteiger partial charge in [-0.05, 0) is 44.4 Å². The molecular formula is C15H20O3. The largest absolute Gasteiger partial charge is 0.458 e. The summed E-state index contributed by atoms with van der Waals surface area (Å²) in [7, 11) is 0. The highest BCUT2D eigenvalue weighted by molar-refractivity contribution is 5.90. The maximum atomic E-state index is 11.7. The van der Waals surface area contributed by atoms with Gasteiger partial charge in [0.2, 0.25) is 0 Å². The van der Waals surface area contributed by atoms with E-state index in [1.807, 2.05) is 0 Å². The monoisotopic (exact) mass is 248 g/mol. The Hall–Kier alpha value is -0.830. The van der Waals surface area contributed by atoms with Crippen molar-refractivity contribution in [1.29, 1.82) is 0 Å². The lowest BCUT2D eigenvalue weighted by Crippen LogP contribution is -2.29. The van der Waals surface area contributed by atoms with E-state index in [2.05, 4.69) is 20.4 Å². The van der Waals surface area contributed by atoms with Crippen molar-refractivity contribution in [3.8, 4) is 0 Å². The Morgan fingerprint density at radius 1 is 1.44 bits per heavy atom. The molecule has 1 spiro atoms. The summed E-state index contributed by atoms with van der Waals surface area (Å²) in [4.78, 5) is 11.7. The minimum Gasteiger partial charge on any atom is -0.458 e. The van der Waals surface area contributed by atoms with Crippen molar-refractivity contribution >= 4 is 5.97 Å². The Morgan fingerprint density at radius 3 is 2.94 bits per heavy atom. The van der Waals surface area contributed by atoms with Gasteiger partial charge < -0.3 is 9.47 Å². The zero-order chi connectivity index (χ0) is 12.7. The van der Waals surface area contributed by atoms with E-state index in [0.717, 1.165) is 12.8 Å². The fourth-order valence-corrected chi connectivity index (χ4v) is 4.92. The van der Waals surface area contributed by atoms with Gasteiger partial charge in [0.05, 0.1) is 5.60 Å². The molecule has 4 rings (SSSR count). The number of carbonyl (C=O) groups is 1. The van der Waals surface area contributed by atoms with Crippen LogP contribution in [-0.2, 0) is 14.3 Å². The zero-order valence-corrected chi connectivity index (χ0v) is 11.1. The number of epoxide rings is 1. The molecule has 98 valence electrons. The predicted molar refractivity (Wildman–Crippen MR) is 65.9 cm³/mol. The second-order valence-corrected chi connectivity index (χ2v) is 6.86. The van der Waals surface area contributed by atoms with Gasteiger partial charge in [-0.2, -0.15) is 0 Å². The van der Waals surface area contributed by atoms with Gasteiger partial charge in [0.1, 0.15) is 11.7 Å². The quantitative estimate of drug-likeness (QED) is 0.375. The van der Waals surface area contributed by atoms with Crippen molar-refractivity contribution in [3.63, 3.8) is 0 Å². The molecule has 4 fully saturated rings. The van der Waals surface area contributed by atoms with Gasteiger partial charge in [-0.25, -0.2) is 4.79 Å². The molecule has 3 heteroatoms. The summed E-state index contributed by atoms with van der Waals surface area (Å²) in [6, 6.07) is 0. The molecule has 3 nitrogen and oxygen atoms in total. The fourth-order valence-electron chi connectivity index (χ4n) is 4.92. The average molecular weight is 248 g/mol. The highest BCUT2D eigenvalue weighted by atomic mass is 16.6. The number of esters is 1. The van der Waals surface area contributed by atoms with Gasteiger partial charge in [0.25, 0.3) is 0 Å². The van der Waals surface area contributed by atoms with E-state index in [0.29, 0.717) is 17.4 Å². The number of fused-ring (bicyclic) bond motifs is 1. The minimum absolute atomic E-state index is 0.0166. The zero-order valence-electron chi connectivity index (χ0n) is 11.1. The minimum atomic E-state index is -0.188. The molecule has 0 unspecified atom stereocenters. The van der Waals surface area contributed by atoms with Gasteiger partial charge >= 0.3 is 5.97 Å². The van der Waals surface area contributed by atoms with Crippen molar-refractivity contribution < 1.29 is 14.3 Å². The molecule has 0 aromatic carbocycles. The van der Waals surface area contributed by atoms with Crippen molar-refractivity contribution in [2.75, 3.05) is 0 Å². The average Bonchev–Trinajstić information content (AvgIpc) is 2.72. The van der Waals surface area contributed by atoms with Crippen LogP contribution in [0.2, 0.25) is 0 Å².